The van der Waals surface area contributed by atoms with Crippen LogP contribution in [0.2, 0.25) is 0 Å². The summed E-state index contributed by atoms with van der Waals surface area (Å²) < 4.78 is 68.8. The second kappa shape index (κ2) is 77.8. The molecular weight excluding hydrogens is 1350 g/mol. The second-order valence-corrected chi connectivity index (χ2v) is 33.7. The molecule has 0 aromatic rings. The molecule has 0 spiro atoms. The maximum absolute atomic E-state index is 13.1. The standard InChI is InChI=1S/C85H166O17P2/c1-6-10-13-16-19-22-25-28-30-32-34-35-37-39-41-43-46-49-55-60-65-70-84(89)101-80(74-95-83(88)69-64-59-54-48-45-42-40-38-36-33-31-29-26-23-20-17-14-11-7-2)76-99-103(91,92)97-72-79(86)73-98-104(93,94)100-77-81(102-85(90)71-66-61-56-51-50-52-57-62-67-78(5)9-4)75-96-82(87)68-63-58-53-47-44-27-24-21-18-15-12-8-3/h78-81,86H,6-77H2,1-5H3,(H,91,92)(H,93,94)/t78?,79-,80-,81-/m1/s1. The van der Waals surface area contributed by atoms with Crippen LogP contribution >= 0.6 is 15.6 Å². The van der Waals surface area contributed by atoms with E-state index in [0.717, 1.165) is 95.8 Å². The number of hydrogen-bond acceptors (Lipinski definition) is 15. The van der Waals surface area contributed by atoms with Crippen LogP contribution in [0.15, 0.2) is 0 Å². The Morgan fingerprint density at radius 3 is 0.683 bits per heavy atom. The van der Waals surface area contributed by atoms with Crippen LogP contribution < -0.4 is 0 Å². The normalized spacial score (nSPS) is 14.0. The van der Waals surface area contributed by atoms with Crippen LogP contribution in [0.5, 0.6) is 0 Å². The molecular formula is C85H166O17P2. The first kappa shape index (κ1) is 102. The minimum Gasteiger partial charge on any atom is -0.462 e. The summed E-state index contributed by atoms with van der Waals surface area (Å²) in [5, 5.41) is 10.7. The zero-order valence-corrected chi connectivity index (χ0v) is 70.0. The molecule has 19 heteroatoms. The van der Waals surface area contributed by atoms with Crippen molar-refractivity contribution in [3.63, 3.8) is 0 Å². The summed E-state index contributed by atoms with van der Waals surface area (Å²) in [6, 6.07) is 0. The van der Waals surface area contributed by atoms with Crippen molar-refractivity contribution in [2.24, 2.45) is 5.92 Å². The van der Waals surface area contributed by atoms with Gasteiger partial charge in [-0.15, -0.1) is 0 Å². The topological polar surface area (TPSA) is 237 Å². The van der Waals surface area contributed by atoms with Crippen LogP contribution in [0.3, 0.4) is 0 Å². The number of phosphoric acid groups is 2. The van der Waals surface area contributed by atoms with E-state index in [4.69, 9.17) is 37.0 Å². The van der Waals surface area contributed by atoms with Gasteiger partial charge < -0.3 is 33.8 Å². The average molecular weight is 1520 g/mol. The molecule has 0 bridgehead atoms. The smallest absolute Gasteiger partial charge is 0.462 e. The van der Waals surface area contributed by atoms with Gasteiger partial charge in [0.25, 0.3) is 0 Å². The molecule has 0 radical (unpaired) electrons. The molecule has 0 aromatic heterocycles. The van der Waals surface area contributed by atoms with Crippen molar-refractivity contribution in [3.8, 4) is 0 Å². The fourth-order valence-corrected chi connectivity index (χ4v) is 14.8. The Kier molecular flexibility index (Phi) is 76.3. The summed E-state index contributed by atoms with van der Waals surface area (Å²) in [6.45, 7) is 7.35. The van der Waals surface area contributed by atoms with Gasteiger partial charge in [0.05, 0.1) is 26.4 Å². The zero-order valence-electron chi connectivity index (χ0n) is 68.2. The Morgan fingerprint density at radius 1 is 0.269 bits per heavy atom. The van der Waals surface area contributed by atoms with Crippen molar-refractivity contribution in [2.45, 2.75) is 477 Å². The van der Waals surface area contributed by atoms with E-state index in [1.807, 2.05) is 0 Å². The number of carbonyl (C=O) groups is 4. The summed E-state index contributed by atoms with van der Waals surface area (Å²) in [4.78, 5) is 73.2. The van der Waals surface area contributed by atoms with Gasteiger partial charge in [-0.3, -0.25) is 37.3 Å². The van der Waals surface area contributed by atoms with Gasteiger partial charge in [-0.25, -0.2) is 9.13 Å². The van der Waals surface area contributed by atoms with Crippen LogP contribution in [0.25, 0.3) is 0 Å². The summed E-state index contributed by atoms with van der Waals surface area (Å²) in [5.41, 5.74) is 0. The zero-order chi connectivity index (χ0) is 76.2. The van der Waals surface area contributed by atoms with Crippen LogP contribution in [0, 0.1) is 5.92 Å². The fourth-order valence-electron chi connectivity index (χ4n) is 13.3. The number of aliphatic hydroxyl groups excluding tert-OH is 1. The van der Waals surface area contributed by atoms with E-state index in [1.165, 1.54) is 283 Å². The highest BCUT2D eigenvalue weighted by Crippen LogP contribution is 2.45. The van der Waals surface area contributed by atoms with E-state index in [0.29, 0.717) is 25.7 Å². The van der Waals surface area contributed by atoms with E-state index < -0.39 is 97.5 Å². The van der Waals surface area contributed by atoms with Crippen LogP contribution in [-0.2, 0) is 65.4 Å². The van der Waals surface area contributed by atoms with Gasteiger partial charge >= 0.3 is 39.5 Å². The average Bonchev–Trinajstić information content (AvgIpc) is 0.966. The highest BCUT2D eigenvalue weighted by atomic mass is 31.2. The molecule has 0 aromatic carbocycles. The highest BCUT2D eigenvalue weighted by Gasteiger charge is 2.30. The summed E-state index contributed by atoms with van der Waals surface area (Å²) >= 11 is 0. The van der Waals surface area contributed by atoms with Crippen molar-refractivity contribution in [1.82, 2.24) is 0 Å². The number of ether oxygens (including phenoxy) is 4. The molecule has 3 N–H and O–H groups in total. The number of carbonyl (C=O) groups excluding carboxylic acids is 4. The molecule has 0 aliphatic carbocycles. The lowest BCUT2D eigenvalue weighted by molar-refractivity contribution is -0.161. The molecule has 0 aliphatic rings. The van der Waals surface area contributed by atoms with Gasteiger partial charge in [0, 0.05) is 25.7 Å². The molecule has 6 atom stereocenters. The first-order valence-electron chi connectivity index (χ1n) is 44.2. The van der Waals surface area contributed by atoms with E-state index in [2.05, 4.69) is 34.6 Å². The van der Waals surface area contributed by atoms with Gasteiger partial charge in [-0.1, -0.05) is 407 Å². The van der Waals surface area contributed by atoms with Crippen molar-refractivity contribution in [1.29, 1.82) is 0 Å². The Morgan fingerprint density at radius 2 is 0.462 bits per heavy atom. The highest BCUT2D eigenvalue weighted by molar-refractivity contribution is 7.47. The molecule has 0 fully saturated rings. The monoisotopic (exact) mass is 1520 g/mol. The Bertz CT molecular complexity index is 1980. The first-order chi connectivity index (χ1) is 50.6. The lowest BCUT2D eigenvalue weighted by atomic mass is 9.99. The molecule has 3 unspecified atom stereocenters. The van der Waals surface area contributed by atoms with Crippen molar-refractivity contribution in [3.05, 3.63) is 0 Å². The second-order valence-electron chi connectivity index (χ2n) is 30.8. The van der Waals surface area contributed by atoms with Crippen LogP contribution in [0.4, 0.5) is 0 Å². The van der Waals surface area contributed by atoms with Gasteiger partial charge in [-0.2, -0.15) is 0 Å². The lowest BCUT2D eigenvalue weighted by Crippen LogP contribution is -2.30. The van der Waals surface area contributed by atoms with Gasteiger partial charge in [0.15, 0.2) is 12.2 Å². The molecule has 0 amide bonds. The molecule has 0 aliphatic heterocycles. The minimum atomic E-state index is -4.96. The predicted molar refractivity (Wildman–Crippen MR) is 428 cm³/mol. The Labute approximate surface area is 638 Å². The number of unbranched alkanes of at least 4 members (excludes halogenated alkanes) is 56. The molecule has 17 nitrogen and oxygen atoms in total. The number of hydrogen-bond donors (Lipinski definition) is 3. The molecule has 618 valence electrons. The third kappa shape index (κ3) is 76.8. The van der Waals surface area contributed by atoms with Crippen LogP contribution in [0.1, 0.15) is 458 Å². The molecule has 0 heterocycles. The third-order valence-corrected chi connectivity index (χ3v) is 22.3. The Hall–Kier alpha value is -1.94. The van der Waals surface area contributed by atoms with E-state index in [-0.39, 0.29) is 25.7 Å². The first-order valence-corrected chi connectivity index (χ1v) is 47.2. The van der Waals surface area contributed by atoms with Gasteiger partial charge in [-0.05, 0) is 31.6 Å². The molecule has 104 heavy (non-hydrogen) atoms. The van der Waals surface area contributed by atoms with Crippen molar-refractivity contribution in [2.75, 3.05) is 39.6 Å². The predicted octanol–water partition coefficient (Wildman–Crippen LogP) is 26.0. The number of aliphatic hydroxyl groups is 1. The van der Waals surface area contributed by atoms with E-state index in [9.17, 15) is 43.2 Å². The largest absolute Gasteiger partial charge is 0.472 e. The number of esters is 4. The van der Waals surface area contributed by atoms with Gasteiger partial charge in [0.1, 0.15) is 19.3 Å². The van der Waals surface area contributed by atoms with E-state index >= 15 is 0 Å². The fraction of sp³-hybridized carbons (Fsp3) is 0.953. The maximum Gasteiger partial charge on any atom is 0.472 e. The number of phosphoric ester groups is 2. The SMILES string of the molecule is CCCCCCCCCCCCCCCCCCCCCCCC(=O)O[C@H](COC(=O)CCCCCCCCCCCCCCCCCCCCC)COP(=O)(O)OC[C@@H](O)COP(=O)(O)OC[C@@H](COC(=O)CCCCCCCCCCCCCC)OC(=O)CCCCCCCCCCC(C)CC. The molecule has 0 saturated heterocycles. The summed E-state index contributed by atoms with van der Waals surface area (Å²) in [6.07, 6.45) is 70.8. The summed E-state index contributed by atoms with van der Waals surface area (Å²) in [7, 11) is -9.92. The molecule has 0 rings (SSSR count). The quantitative estimate of drug-likeness (QED) is 0.0222. The minimum absolute atomic E-state index is 0.106. The third-order valence-electron chi connectivity index (χ3n) is 20.4. The lowest BCUT2D eigenvalue weighted by Gasteiger charge is -2.21. The van der Waals surface area contributed by atoms with Crippen molar-refractivity contribution < 1.29 is 80.2 Å². The van der Waals surface area contributed by atoms with Crippen LogP contribution in [-0.4, -0.2) is 96.7 Å². The Balaban J connectivity index is 5.22. The van der Waals surface area contributed by atoms with Gasteiger partial charge in [0.2, 0.25) is 0 Å². The maximum atomic E-state index is 13.1. The van der Waals surface area contributed by atoms with Crippen molar-refractivity contribution >= 4 is 39.5 Å². The number of rotatable bonds is 85. The van der Waals surface area contributed by atoms with E-state index in [1.54, 1.807) is 0 Å². The summed E-state index contributed by atoms with van der Waals surface area (Å²) in [5.74, 6) is -1.33. The molecule has 0 saturated carbocycles.